The smallest absolute Gasteiger partial charge is 0.191 e. The van der Waals surface area contributed by atoms with Crippen LogP contribution in [0.25, 0.3) is 0 Å². The standard InChI is InChI=1S/C22H26O4/c1-12-8-16-15-5-4-13-9-14(23)6-7-19(13,2)22(15)18(26-22)10-20(16,3)21(12)17(24)11-25-21/h6-7,9,12,15-16,18H,4-5,8,10-11H2,1-3H3/t12-,15?,16?,18+,19+,20+,21+,22-/m1/s1. The molecule has 6 rings (SSSR count). The lowest BCUT2D eigenvalue weighted by Crippen LogP contribution is -2.68. The van der Waals surface area contributed by atoms with Crippen molar-refractivity contribution >= 4 is 11.6 Å². The second kappa shape index (κ2) is 4.25. The number of fused-ring (bicyclic) bond motifs is 4. The molecule has 0 amide bonds. The number of carbonyl (C=O) groups excluding carboxylic acids is 2. The Bertz CT molecular complexity index is 826. The summed E-state index contributed by atoms with van der Waals surface area (Å²) >= 11 is 0. The van der Waals surface area contributed by atoms with Crippen molar-refractivity contribution in [3.8, 4) is 0 Å². The molecule has 3 saturated carbocycles. The number of ether oxygens (including phenoxy) is 2. The number of ketones is 2. The third-order valence-electron chi connectivity index (χ3n) is 9.32. The zero-order valence-electron chi connectivity index (χ0n) is 15.7. The van der Waals surface area contributed by atoms with Gasteiger partial charge in [0.1, 0.15) is 17.8 Å². The summed E-state index contributed by atoms with van der Waals surface area (Å²) in [7, 11) is 0. The summed E-state index contributed by atoms with van der Waals surface area (Å²) in [4.78, 5) is 24.6. The summed E-state index contributed by atoms with van der Waals surface area (Å²) in [5.41, 5.74) is 0.174. The van der Waals surface area contributed by atoms with Crippen LogP contribution in [0.5, 0.6) is 0 Å². The van der Waals surface area contributed by atoms with Crippen LogP contribution in [0.4, 0.5) is 0 Å². The minimum Gasteiger partial charge on any atom is -0.364 e. The fourth-order valence-electron chi connectivity index (χ4n) is 8.16. The van der Waals surface area contributed by atoms with Gasteiger partial charge in [-0.25, -0.2) is 0 Å². The second-order valence-electron chi connectivity index (χ2n) is 9.96. The van der Waals surface area contributed by atoms with Crippen LogP contribution in [0.3, 0.4) is 0 Å². The van der Waals surface area contributed by atoms with Gasteiger partial charge in [-0.3, -0.25) is 9.59 Å². The Balaban J connectivity index is 1.47. The van der Waals surface area contributed by atoms with E-state index < -0.39 is 5.60 Å². The van der Waals surface area contributed by atoms with Gasteiger partial charge in [0, 0.05) is 10.8 Å². The van der Waals surface area contributed by atoms with Crippen molar-refractivity contribution in [3.63, 3.8) is 0 Å². The van der Waals surface area contributed by atoms with Gasteiger partial charge in [-0.15, -0.1) is 0 Å². The molecule has 4 heteroatoms. The highest BCUT2D eigenvalue weighted by molar-refractivity contribution is 6.01. The Morgan fingerprint density at radius 2 is 2.00 bits per heavy atom. The molecule has 4 nitrogen and oxygen atoms in total. The Labute approximate surface area is 154 Å². The van der Waals surface area contributed by atoms with E-state index in [1.165, 1.54) is 5.57 Å². The van der Waals surface area contributed by atoms with E-state index in [4.69, 9.17) is 9.47 Å². The van der Waals surface area contributed by atoms with Gasteiger partial charge in [0.25, 0.3) is 0 Å². The van der Waals surface area contributed by atoms with Gasteiger partial charge in [0.15, 0.2) is 11.6 Å². The first-order valence-corrected chi connectivity index (χ1v) is 10.1. The third-order valence-corrected chi connectivity index (χ3v) is 9.32. The van der Waals surface area contributed by atoms with Gasteiger partial charge < -0.3 is 9.47 Å². The topological polar surface area (TPSA) is 55.9 Å². The van der Waals surface area contributed by atoms with Gasteiger partial charge in [-0.2, -0.15) is 0 Å². The average Bonchev–Trinajstić information content (AvgIpc) is 3.23. The van der Waals surface area contributed by atoms with Gasteiger partial charge in [0.05, 0.1) is 6.10 Å². The lowest BCUT2D eigenvalue weighted by molar-refractivity contribution is -0.219. The summed E-state index contributed by atoms with van der Waals surface area (Å²) in [5.74, 6) is 1.57. The molecule has 26 heavy (non-hydrogen) atoms. The zero-order valence-corrected chi connectivity index (χ0v) is 15.7. The number of hydrogen-bond donors (Lipinski definition) is 0. The van der Waals surface area contributed by atoms with Crippen molar-refractivity contribution in [1.82, 2.24) is 0 Å². The minimum atomic E-state index is -0.578. The molecule has 2 heterocycles. The lowest BCUT2D eigenvalue weighted by Gasteiger charge is -2.58. The van der Waals surface area contributed by atoms with E-state index in [1.807, 2.05) is 6.08 Å². The van der Waals surface area contributed by atoms with Crippen LogP contribution >= 0.6 is 0 Å². The average molecular weight is 354 g/mol. The molecule has 138 valence electrons. The maximum atomic E-state index is 12.7. The summed E-state index contributed by atoms with van der Waals surface area (Å²) in [5, 5.41) is 0. The predicted molar refractivity (Wildman–Crippen MR) is 94.4 cm³/mol. The highest BCUT2D eigenvalue weighted by Crippen LogP contribution is 2.77. The Morgan fingerprint density at radius 3 is 2.69 bits per heavy atom. The predicted octanol–water partition coefficient (Wildman–Crippen LogP) is 3.01. The molecule has 0 radical (unpaired) electrons. The van der Waals surface area contributed by atoms with Gasteiger partial charge in [0.2, 0.25) is 0 Å². The first-order valence-electron chi connectivity index (χ1n) is 10.1. The summed E-state index contributed by atoms with van der Waals surface area (Å²) in [6.45, 7) is 7.03. The largest absolute Gasteiger partial charge is 0.364 e. The van der Waals surface area contributed by atoms with Crippen LogP contribution in [0, 0.1) is 28.6 Å². The normalized spacial score (nSPS) is 59.1. The fraction of sp³-hybridized carbons (Fsp3) is 0.727. The summed E-state index contributed by atoms with van der Waals surface area (Å²) in [6, 6.07) is 0. The number of rotatable bonds is 0. The van der Waals surface area contributed by atoms with Crippen molar-refractivity contribution in [1.29, 1.82) is 0 Å². The highest BCUT2D eigenvalue weighted by atomic mass is 16.6. The molecular weight excluding hydrogens is 328 g/mol. The quantitative estimate of drug-likeness (QED) is 0.628. The molecule has 0 N–H and O–H groups in total. The van der Waals surface area contributed by atoms with Crippen molar-refractivity contribution in [2.75, 3.05) is 6.61 Å². The summed E-state index contributed by atoms with van der Waals surface area (Å²) < 4.78 is 12.6. The van der Waals surface area contributed by atoms with Crippen LogP contribution in [0.15, 0.2) is 23.8 Å². The number of epoxide rings is 1. The molecule has 0 aromatic rings. The van der Waals surface area contributed by atoms with E-state index in [1.54, 1.807) is 6.08 Å². The van der Waals surface area contributed by atoms with Crippen molar-refractivity contribution < 1.29 is 19.1 Å². The van der Waals surface area contributed by atoms with E-state index in [2.05, 4.69) is 26.8 Å². The van der Waals surface area contributed by atoms with Gasteiger partial charge in [-0.1, -0.05) is 25.5 Å². The second-order valence-corrected chi connectivity index (χ2v) is 9.96. The molecule has 4 aliphatic carbocycles. The molecule has 2 aliphatic heterocycles. The Hall–Kier alpha value is -1.26. The maximum Gasteiger partial charge on any atom is 0.191 e. The van der Waals surface area contributed by atoms with E-state index in [0.29, 0.717) is 17.6 Å². The number of allylic oxidation sites excluding steroid dienone is 2. The SMILES string of the molecule is C[C@@H]1CC2C3CCC4=CC(=O)C=C[C@]4(C)[C@@]34O[C@H]4C[C@]2(C)[C@]12OCC2=O. The molecule has 2 unspecified atom stereocenters. The van der Waals surface area contributed by atoms with Crippen molar-refractivity contribution in [3.05, 3.63) is 23.8 Å². The van der Waals surface area contributed by atoms with Gasteiger partial charge >= 0.3 is 0 Å². The monoisotopic (exact) mass is 354 g/mol. The molecule has 0 aromatic carbocycles. The molecule has 2 saturated heterocycles. The Kier molecular flexibility index (Phi) is 2.58. The van der Waals surface area contributed by atoms with Crippen LogP contribution in [-0.4, -0.2) is 35.5 Å². The molecule has 6 aliphatic rings. The van der Waals surface area contributed by atoms with E-state index >= 15 is 0 Å². The van der Waals surface area contributed by atoms with Crippen LogP contribution < -0.4 is 0 Å². The lowest BCUT2D eigenvalue weighted by atomic mass is 9.46. The summed E-state index contributed by atoms with van der Waals surface area (Å²) in [6.07, 6.45) is 9.79. The molecule has 2 spiro atoms. The molecule has 8 atom stereocenters. The van der Waals surface area contributed by atoms with E-state index in [0.717, 1.165) is 25.7 Å². The number of Topliss-reactive ketones (excluding diaryl/α,β-unsaturated/α-hetero) is 1. The maximum absolute atomic E-state index is 12.7. The van der Waals surface area contributed by atoms with Crippen LogP contribution in [-0.2, 0) is 19.1 Å². The molecule has 0 bridgehead atoms. The first kappa shape index (κ1) is 15.8. The molecular formula is C22H26O4. The number of carbonyl (C=O) groups is 2. The minimum absolute atomic E-state index is 0.104. The molecule has 5 fully saturated rings. The van der Waals surface area contributed by atoms with Crippen molar-refractivity contribution in [2.24, 2.45) is 28.6 Å². The van der Waals surface area contributed by atoms with Crippen LogP contribution in [0.1, 0.15) is 46.5 Å². The fourth-order valence-corrected chi connectivity index (χ4v) is 8.16. The molecule has 0 aromatic heterocycles. The van der Waals surface area contributed by atoms with Crippen molar-refractivity contribution in [2.45, 2.75) is 63.8 Å². The Morgan fingerprint density at radius 1 is 1.19 bits per heavy atom. The van der Waals surface area contributed by atoms with E-state index in [9.17, 15) is 9.59 Å². The van der Waals surface area contributed by atoms with E-state index in [-0.39, 0.29) is 40.8 Å². The van der Waals surface area contributed by atoms with Gasteiger partial charge in [-0.05, 0) is 62.5 Å². The van der Waals surface area contributed by atoms with Crippen LogP contribution in [0.2, 0.25) is 0 Å². The highest BCUT2D eigenvalue weighted by Gasteiger charge is 2.83. The third kappa shape index (κ3) is 1.33. The first-order chi connectivity index (χ1) is 12.3. The zero-order chi connectivity index (χ0) is 18.1. The number of hydrogen-bond acceptors (Lipinski definition) is 4.